The van der Waals surface area contributed by atoms with E-state index in [1.165, 1.54) is 0 Å². The molecule has 12 heavy (non-hydrogen) atoms. The second-order valence-electron chi connectivity index (χ2n) is 3.19. The molecule has 0 atom stereocenters. The van der Waals surface area contributed by atoms with Crippen molar-refractivity contribution in [3.05, 3.63) is 43.0 Å². The third kappa shape index (κ3) is 2.42. The molecule has 0 bridgehead atoms. The lowest BCUT2D eigenvalue weighted by Crippen LogP contribution is -2.24. The Balaban J connectivity index is 2.70. The summed E-state index contributed by atoms with van der Waals surface area (Å²) in [5.74, 6) is 0.837. The average molecular weight is 161 g/mol. The van der Waals surface area contributed by atoms with Crippen molar-refractivity contribution >= 4 is 0 Å². The van der Waals surface area contributed by atoms with Crippen LogP contribution in [0.5, 0.6) is 5.75 Å². The van der Waals surface area contributed by atoms with E-state index >= 15 is 0 Å². The quantitative estimate of drug-likeness (QED) is 0.662. The van der Waals surface area contributed by atoms with Crippen molar-refractivity contribution < 1.29 is 4.74 Å². The average Bonchev–Trinajstić information content (AvgIpc) is 2.06. The molecule has 0 amide bonds. The highest BCUT2D eigenvalue weighted by molar-refractivity contribution is 5.22. The molecule has 0 N–H and O–H groups in total. The van der Waals surface area contributed by atoms with Crippen LogP contribution in [0.4, 0.5) is 0 Å². The molecule has 1 rings (SSSR count). The Morgan fingerprint density at radius 1 is 1.25 bits per heavy atom. The Bertz CT molecular complexity index is 249. The van der Waals surface area contributed by atoms with Gasteiger partial charge in [-0.1, -0.05) is 24.8 Å². The first kappa shape index (κ1) is 8.85. The highest BCUT2D eigenvalue weighted by Crippen LogP contribution is 2.17. The largest absolute Gasteiger partial charge is 0.484 e. The molecule has 0 aromatic heterocycles. The summed E-state index contributed by atoms with van der Waals surface area (Å²) >= 11 is 0. The van der Waals surface area contributed by atoms with E-state index in [2.05, 4.69) is 0 Å². The van der Waals surface area contributed by atoms with Crippen molar-refractivity contribution in [3.8, 4) is 5.75 Å². The van der Waals surface area contributed by atoms with Gasteiger partial charge in [-0.05, 0) is 32.1 Å². The normalized spacial score (nSPS) is 10.8. The number of ether oxygens (including phenoxy) is 1. The molecule has 1 aromatic rings. The van der Waals surface area contributed by atoms with E-state index in [9.17, 15) is 0 Å². The molecule has 63 valence electrons. The Labute approximate surface area is 73.7 Å². The van der Waals surface area contributed by atoms with Gasteiger partial charge in [0.1, 0.15) is 11.4 Å². The lowest BCUT2D eigenvalue weighted by molar-refractivity contribution is 0.162. The number of hydrogen-bond acceptors (Lipinski definition) is 1. The fourth-order valence-electron chi connectivity index (χ4n) is 0.826. The van der Waals surface area contributed by atoms with E-state index in [0.29, 0.717) is 0 Å². The summed E-state index contributed by atoms with van der Waals surface area (Å²) in [5.41, 5.74) is -0.401. The maximum absolute atomic E-state index is 5.57. The van der Waals surface area contributed by atoms with Crippen molar-refractivity contribution in [2.24, 2.45) is 0 Å². The van der Waals surface area contributed by atoms with Crippen LogP contribution in [-0.4, -0.2) is 5.60 Å². The highest BCUT2D eigenvalue weighted by atomic mass is 16.5. The maximum Gasteiger partial charge on any atom is 0.122 e. The minimum atomic E-state index is -0.401. The van der Waals surface area contributed by atoms with Crippen LogP contribution in [0, 0.1) is 6.58 Å². The molecular weight excluding hydrogens is 148 g/mol. The summed E-state index contributed by atoms with van der Waals surface area (Å²) in [4.78, 5) is 0. The summed E-state index contributed by atoms with van der Waals surface area (Å²) in [6, 6.07) is 9.63. The van der Waals surface area contributed by atoms with Gasteiger partial charge in [-0.2, -0.15) is 0 Å². The summed E-state index contributed by atoms with van der Waals surface area (Å²) in [6.07, 6.45) is 1.54. The van der Waals surface area contributed by atoms with Crippen LogP contribution in [0.3, 0.4) is 0 Å². The van der Waals surface area contributed by atoms with Crippen LogP contribution in [0.25, 0.3) is 0 Å². The van der Waals surface area contributed by atoms with Gasteiger partial charge in [0.15, 0.2) is 0 Å². The number of hydrogen-bond donors (Lipinski definition) is 0. The fraction of sp³-hybridized carbons (Fsp3) is 0.273. The van der Waals surface area contributed by atoms with Gasteiger partial charge in [-0.25, -0.2) is 0 Å². The molecule has 0 aliphatic carbocycles. The molecule has 1 heteroatoms. The molecular formula is C11H13O. The highest BCUT2D eigenvalue weighted by Gasteiger charge is 2.13. The van der Waals surface area contributed by atoms with Gasteiger partial charge in [-0.3, -0.25) is 0 Å². The first-order chi connectivity index (χ1) is 5.64. The molecule has 0 saturated carbocycles. The van der Waals surface area contributed by atoms with E-state index in [0.717, 1.165) is 5.75 Å². The first-order valence-electron chi connectivity index (χ1n) is 3.94. The predicted octanol–water partition coefficient (Wildman–Crippen LogP) is 2.83. The number of rotatable bonds is 3. The Morgan fingerprint density at radius 2 is 1.83 bits per heavy atom. The summed E-state index contributed by atoms with van der Waals surface area (Å²) < 4.78 is 5.57. The van der Waals surface area contributed by atoms with Gasteiger partial charge in [0.25, 0.3) is 0 Å². The molecule has 0 spiro atoms. The second kappa shape index (κ2) is 3.44. The fourth-order valence-corrected chi connectivity index (χ4v) is 0.826. The molecule has 0 aliphatic heterocycles. The minimum absolute atomic E-state index is 0.401. The number of para-hydroxylation sites is 1. The zero-order valence-electron chi connectivity index (χ0n) is 7.45. The Hall–Kier alpha value is -1.24. The van der Waals surface area contributed by atoms with Crippen LogP contribution in [-0.2, 0) is 0 Å². The Morgan fingerprint density at radius 3 is 2.33 bits per heavy atom. The van der Waals surface area contributed by atoms with E-state index in [4.69, 9.17) is 11.3 Å². The van der Waals surface area contributed by atoms with Crippen molar-refractivity contribution in [3.63, 3.8) is 0 Å². The number of benzene rings is 1. The summed E-state index contributed by atoms with van der Waals surface area (Å²) in [7, 11) is 0. The zero-order chi connectivity index (χ0) is 9.03. The van der Waals surface area contributed by atoms with Crippen LogP contribution in [0.2, 0.25) is 0 Å². The second-order valence-corrected chi connectivity index (χ2v) is 3.19. The lowest BCUT2D eigenvalue weighted by Gasteiger charge is -2.21. The van der Waals surface area contributed by atoms with Gasteiger partial charge in [0, 0.05) is 0 Å². The minimum Gasteiger partial charge on any atom is -0.484 e. The maximum atomic E-state index is 5.57. The molecule has 0 saturated heterocycles. The van der Waals surface area contributed by atoms with Crippen LogP contribution in [0.1, 0.15) is 13.8 Å². The van der Waals surface area contributed by atoms with E-state index in [1.54, 1.807) is 6.08 Å². The van der Waals surface area contributed by atoms with Crippen LogP contribution in [0.15, 0.2) is 36.4 Å². The SMILES string of the molecule is [CH]=CC(C)(C)Oc1ccccc1. The first-order valence-corrected chi connectivity index (χ1v) is 3.94. The monoisotopic (exact) mass is 161 g/mol. The van der Waals surface area contributed by atoms with Gasteiger partial charge in [0.2, 0.25) is 0 Å². The van der Waals surface area contributed by atoms with Crippen LogP contribution < -0.4 is 4.74 Å². The molecule has 1 aromatic carbocycles. The van der Waals surface area contributed by atoms with Crippen molar-refractivity contribution in [1.82, 2.24) is 0 Å². The molecule has 1 radical (unpaired) electrons. The topological polar surface area (TPSA) is 9.23 Å². The molecule has 0 unspecified atom stereocenters. The van der Waals surface area contributed by atoms with Gasteiger partial charge >= 0.3 is 0 Å². The van der Waals surface area contributed by atoms with Gasteiger partial charge < -0.3 is 4.74 Å². The standard InChI is InChI=1S/C11H13O/c1-4-11(2,3)12-10-8-6-5-7-9-10/h1,4-9H,2-3H3. The van der Waals surface area contributed by atoms with E-state index in [-0.39, 0.29) is 0 Å². The van der Waals surface area contributed by atoms with Crippen molar-refractivity contribution in [1.29, 1.82) is 0 Å². The van der Waals surface area contributed by atoms with Crippen LogP contribution >= 0.6 is 0 Å². The molecule has 1 nitrogen and oxygen atoms in total. The predicted molar refractivity (Wildman–Crippen MR) is 50.0 cm³/mol. The smallest absolute Gasteiger partial charge is 0.122 e. The Kier molecular flexibility index (Phi) is 2.54. The lowest BCUT2D eigenvalue weighted by atomic mass is 10.1. The molecule has 0 aliphatic rings. The summed E-state index contributed by atoms with van der Waals surface area (Å²) in [6.45, 7) is 9.24. The molecule has 0 fully saturated rings. The van der Waals surface area contributed by atoms with Gasteiger partial charge in [0.05, 0.1) is 0 Å². The summed E-state index contributed by atoms with van der Waals surface area (Å²) in [5, 5.41) is 0. The third-order valence-corrected chi connectivity index (χ3v) is 1.53. The van der Waals surface area contributed by atoms with Gasteiger partial charge in [-0.15, -0.1) is 0 Å². The van der Waals surface area contributed by atoms with E-state index < -0.39 is 5.60 Å². The van der Waals surface area contributed by atoms with E-state index in [1.807, 2.05) is 44.2 Å². The zero-order valence-corrected chi connectivity index (χ0v) is 7.45. The molecule has 0 heterocycles. The van der Waals surface area contributed by atoms with Crippen molar-refractivity contribution in [2.75, 3.05) is 0 Å². The third-order valence-electron chi connectivity index (χ3n) is 1.53. The van der Waals surface area contributed by atoms with Crippen molar-refractivity contribution in [2.45, 2.75) is 19.4 Å².